The van der Waals surface area contributed by atoms with E-state index >= 15 is 0 Å². The third kappa shape index (κ3) is 5.38. The molecule has 0 unspecified atom stereocenters. The number of nitrogens with one attached hydrogen (secondary N) is 2. The number of rotatable bonds is 5. The van der Waals surface area contributed by atoms with Gasteiger partial charge in [0.1, 0.15) is 11.3 Å². The molecular weight excluding hydrogens is 508 g/mol. The molecule has 0 aliphatic carbocycles. The van der Waals surface area contributed by atoms with Crippen molar-refractivity contribution < 1.29 is 18.9 Å². The largest absolute Gasteiger partial charge is 0.422 e. The number of nitro groups is 1. The molecule has 1 saturated heterocycles. The van der Waals surface area contributed by atoms with E-state index in [0.29, 0.717) is 54.4 Å². The second-order valence-corrected chi connectivity index (χ2v) is 8.94. The predicted molar refractivity (Wildman–Crippen MR) is 148 cm³/mol. The molecule has 38 heavy (non-hydrogen) atoms. The van der Waals surface area contributed by atoms with E-state index in [-0.39, 0.29) is 16.4 Å². The van der Waals surface area contributed by atoms with Crippen LogP contribution in [0, 0.1) is 10.1 Å². The Morgan fingerprint density at radius 3 is 2.47 bits per heavy atom. The molecule has 1 fully saturated rings. The van der Waals surface area contributed by atoms with E-state index in [2.05, 4.69) is 10.6 Å². The van der Waals surface area contributed by atoms with Gasteiger partial charge in [-0.2, -0.15) is 0 Å². The summed E-state index contributed by atoms with van der Waals surface area (Å²) in [4.78, 5) is 38.2. The fourth-order valence-electron chi connectivity index (χ4n) is 4.22. The van der Waals surface area contributed by atoms with E-state index in [4.69, 9.17) is 21.4 Å². The van der Waals surface area contributed by atoms with Gasteiger partial charge in [0.25, 0.3) is 11.6 Å². The zero-order valence-electron chi connectivity index (χ0n) is 20.0. The van der Waals surface area contributed by atoms with Crippen molar-refractivity contribution in [3.05, 3.63) is 98.9 Å². The minimum absolute atomic E-state index is 0.0212. The Hall–Kier alpha value is -4.61. The summed E-state index contributed by atoms with van der Waals surface area (Å²) in [6, 6.07) is 20.3. The normalized spacial score (nSPS) is 13.2. The van der Waals surface area contributed by atoms with Gasteiger partial charge in [0, 0.05) is 35.8 Å². The van der Waals surface area contributed by atoms with E-state index in [1.807, 2.05) is 17.0 Å². The molecule has 4 aromatic rings. The Kier molecular flexibility index (Phi) is 7.11. The molecule has 0 bridgehead atoms. The minimum atomic E-state index is -0.579. The Bertz CT molecular complexity index is 1600. The molecule has 11 heteroatoms. The summed E-state index contributed by atoms with van der Waals surface area (Å²) in [5.41, 5.74) is 2.13. The van der Waals surface area contributed by atoms with Gasteiger partial charge in [0.15, 0.2) is 5.11 Å². The van der Waals surface area contributed by atoms with Crippen LogP contribution < -0.4 is 21.2 Å². The highest BCUT2D eigenvalue weighted by Crippen LogP contribution is 2.30. The molecule has 2 N–H and O–H groups in total. The van der Waals surface area contributed by atoms with Crippen molar-refractivity contribution in [3.8, 4) is 11.1 Å². The quantitative estimate of drug-likeness (QED) is 0.168. The molecule has 2 heterocycles. The molecule has 5 rings (SSSR count). The van der Waals surface area contributed by atoms with Crippen molar-refractivity contribution in [2.75, 3.05) is 36.5 Å². The highest BCUT2D eigenvalue weighted by Gasteiger charge is 2.23. The maximum atomic E-state index is 12.8. The lowest BCUT2D eigenvalue weighted by Crippen LogP contribution is -2.37. The van der Waals surface area contributed by atoms with Crippen LogP contribution in [0.25, 0.3) is 22.1 Å². The number of morpholine rings is 1. The van der Waals surface area contributed by atoms with Crippen LogP contribution in [0.2, 0.25) is 0 Å². The van der Waals surface area contributed by atoms with Crippen molar-refractivity contribution in [3.63, 3.8) is 0 Å². The molecule has 1 aliphatic heterocycles. The molecule has 1 amide bonds. The second kappa shape index (κ2) is 10.8. The number of para-hydroxylation sites is 1. The van der Waals surface area contributed by atoms with Gasteiger partial charge < -0.3 is 19.4 Å². The number of ether oxygens (including phenoxy) is 1. The fraction of sp³-hybridized carbons (Fsp3) is 0.148. The molecule has 3 aromatic carbocycles. The number of hydrogen-bond acceptors (Lipinski definition) is 8. The first-order chi connectivity index (χ1) is 18.4. The molecule has 0 radical (unpaired) electrons. The topological polar surface area (TPSA) is 127 Å². The van der Waals surface area contributed by atoms with Crippen molar-refractivity contribution in [1.82, 2.24) is 5.32 Å². The smallest absolute Gasteiger partial charge is 0.344 e. The summed E-state index contributed by atoms with van der Waals surface area (Å²) in [5.74, 6) is -0.579. The Balaban J connectivity index is 1.26. The molecular formula is C27H22N4O6S. The van der Waals surface area contributed by atoms with E-state index in [1.165, 1.54) is 12.1 Å². The van der Waals surface area contributed by atoms with E-state index in [1.54, 1.807) is 48.5 Å². The van der Waals surface area contributed by atoms with E-state index < -0.39 is 16.5 Å². The van der Waals surface area contributed by atoms with Crippen molar-refractivity contribution in [2.24, 2.45) is 0 Å². The number of hydrogen-bond donors (Lipinski definition) is 2. The second-order valence-electron chi connectivity index (χ2n) is 8.53. The first-order valence-corrected chi connectivity index (χ1v) is 12.2. The fourth-order valence-corrected chi connectivity index (χ4v) is 4.43. The van der Waals surface area contributed by atoms with Gasteiger partial charge >= 0.3 is 5.63 Å². The molecule has 0 atom stereocenters. The van der Waals surface area contributed by atoms with Crippen LogP contribution in [-0.4, -0.2) is 42.2 Å². The third-order valence-corrected chi connectivity index (χ3v) is 6.31. The summed E-state index contributed by atoms with van der Waals surface area (Å²) in [6.45, 7) is 2.03. The van der Waals surface area contributed by atoms with Crippen LogP contribution in [0.5, 0.6) is 0 Å². The van der Waals surface area contributed by atoms with Gasteiger partial charge in [-0.1, -0.05) is 30.3 Å². The van der Waals surface area contributed by atoms with Crippen LogP contribution in [-0.2, 0) is 4.74 Å². The predicted octanol–water partition coefficient (Wildman–Crippen LogP) is 4.33. The van der Waals surface area contributed by atoms with E-state index in [9.17, 15) is 19.7 Å². The van der Waals surface area contributed by atoms with Gasteiger partial charge in [-0.3, -0.25) is 20.2 Å². The number of anilines is 2. The van der Waals surface area contributed by atoms with Gasteiger partial charge in [-0.05, 0) is 54.2 Å². The zero-order chi connectivity index (χ0) is 26.6. The van der Waals surface area contributed by atoms with E-state index in [0.717, 1.165) is 5.39 Å². The molecule has 10 nitrogen and oxygen atoms in total. The van der Waals surface area contributed by atoms with Crippen molar-refractivity contribution in [2.45, 2.75) is 0 Å². The lowest BCUT2D eigenvalue weighted by molar-refractivity contribution is -0.384. The summed E-state index contributed by atoms with van der Waals surface area (Å²) in [5, 5.41) is 18.0. The SMILES string of the molecule is O=C(NC(=S)Nc1ccc(-c2cc3ccccc3oc2=O)cc1)c1ccc(N2CCOCC2)c([N+](=O)[O-])c1. The number of nitrogens with zero attached hydrogens (tertiary/aromatic N) is 2. The van der Waals surface area contributed by atoms with Gasteiger partial charge in [0.05, 0.1) is 23.7 Å². The van der Waals surface area contributed by atoms with Gasteiger partial charge in [-0.25, -0.2) is 4.79 Å². The monoisotopic (exact) mass is 530 g/mol. The van der Waals surface area contributed by atoms with Crippen molar-refractivity contribution in [1.29, 1.82) is 0 Å². The number of benzene rings is 3. The number of thiocarbonyl (C=S) groups is 1. The molecule has 1 aliphatic rings. The van der Waals surface area contributed by atoms with Crippen LogP contribution in [0.4, 0.5) is 17.1 Å². The molecule has 0 spiro atoms. The Morgan fingerprint density at radius 2 is 1.74 bits per heavy atom. The first-order valence-electron chi connectivity index (χ1n) is 11.8. The summed E-state index contributed by atoms with van der Waals surface area (Å²) >= 11 is 5.26. The summed E-state index contributed by atoms with van der Waals surface area (Å²) in [6.07, 6.45) is 0. The number of carbonyl (C=O) groups is 1. The highest BCUT2D eigenvalue weighted by molar-refractivity contribution is 7.80. The first kappa shape index (κ1) is 25.1. The lowest BCUT2D eigenvalue weighted by Gasteiger charge is -2.28. The number of carbonyl (C=O) groups excluding carboxylic acids is 1. The lowest BCUT2D eigenvalue weighted by atomic mass is 10.1. The Labute approximate surface area is 222 Å². The van der Waals surface area contributed by atoms with Crippen molar-refractivity contribution >= 4 is 51.3 Å². The maximum Gasteiger partial charge on any atom is 0.344 e. The average Bonchev–Trinajstić information content (AvgIpc) is 2.93. The number of fused-ring (bicyclic) bond motifs is 1. The standard InChI is InChI=1S/C27H22N4O6S/c32-25(19-7-10-22(23(16-19)31(34)35)30-11-13-36-14-12-30)29-27(38)28-20-8-5-17(6-9-20)21-15-18-3-1-2-4-24(18)37-26(21)33/h1-10,15-16H,11-14H2,(H2,28,29,32,38). The molecule has 1 aromatic heterocycles. The van der Waals surface area contributed by atoms with Crippen LogP contribution in [0.1, 0.15) is 10.4 Å². The maximum absolute atomic E-state index is 12.8. The number of amides is 1. The van der Waals surface area contributed by atoms with Crippen LogP contribution >= 0.6 is 12.2 Å². The highest BCUT2D eigenvalue weighted by atomic mass is 32.1. The minimum Gasteiger partial charge on any atom is -0.422 e. The molecule has 0 saturated carbocycles. The third-order valence-electron chi connectivity index (χ3n) is 6.11. The van der Waals surface area contributed by atoms with Gasteiger partial charge in [0.2, 0.25) is 0 Å². The average molecular weight is 531 g/mol. The number of nitro benzene ring substituents is 1. The van der Waals surface area contributed by atoms with Crippen LogP contribution in [0.15, 0.2) is 82.0 Å². The molecule has 192 valence electrons. The Morgan fingerprint density at radius 1 is 1.00 bits per heavy atom. The van der Waals surface area contributed by atoms with Crippen LogP contribution in [0.3, 0.4) is 0 Å². The van der Waals surface area contributed by atoms with Gasteiger partial charge in [-0.15, -0.1) is 0 Å². The summed E-state index contributed by atoms with van der Waals surface area (Å²) in [7, 11) is 0. The zero-order valence-corrected chi connectivity index (χ0v) is 20.8. The summed E-state index contributed by atoms with van der Waals surface area (Å²) < 4.78 is 10.7.